The Bertz CT molecular complexity index is 1410. The molecule has 0 N–H and O–H groups in total. The molecule has 0 aliphatic carbocycles. The van der Waals surface area contributed by atoms with Gasteiger partial charge in [-0.15, -0.1) is 0 Å². The second-order valence-electron chi connectivity index (χ2n) is 10.6. The lowest BCUT2D eigenvalue weighted by molar-refractivity contribution is -0.137. The molecule has 0 aromatic heterocycles. The first kappa shape index (κ1) is 25.0. The number of fused-ring (bicyclic) bond motifs is 4. The lowest BCUT2D eigenvalue weighted by atomic mass is 9.63. The molecule has 0 unspecified atom stereocenters. The van der Waals surface area contributed by atoms with Crippen molar-refractivity contribution in [3.63, 3.8) is 0 Å². The Hall–Kier alpha value is -3.32. The van der Waals surface area contributed by atoms with Crippen LogP contribution in [-0.4, -0.2) is 24.2 Å². The largest absolute Gasteiger partial charge is 0.416 e. The molecule has 3 aromatic carbocycles. The quantitative estimate of drug-likeness (QED) is 0.355. The molecule has 3 aromatic rings. The van der Waals surface area contributed by atoms with Crippen LogP contribution in [0, 0.1) is 11.3 Å². The van der Waals surface area contributed by atoms with E-state index in [4.69, 9.17) is 16.7 Å². The molecular weight excluding hydrogens is 511 g/mol. The van der Waals surface area contributed by atoms with Gasteiger partial charge < -0.3 is 4.90 Å². The van der Waals surface area contributed by atoms with Gasteiger partial charge in [0.2, 0.25) is 0 Å². The maximum Gasteiger partial charge on any atom is 0.416 e. The molecule has 4 nitrogen and oxygen atoms in total. The molecule has 3 atom stereocenters. The number of piperidine rings is 1. The van der Waals surface area contributed by atoms with E-state index in [1.165, 1.54) is 16.6 Å². The van der Waals surface area contributed by atoms with Crippen LogP contribution in [0.2, 0.25) is 5.02 Å². The van der Waals surface area contributed by atoms with E-state index < -0.39 is 17.2 Å². The highest BCUT2D eigenvalue weighted by Crippen LogP contribution is 2.51. The van der Waals surface area contributed by atoms with Gasteiger partial charge in [-0.2, -0.15) is 23.3 Å². The molecule has 1 spiro atoms. The maximum absolute atomic E-state index is 14.3. The summed E-state index contributed by atoms with van der Waals surface area (Å²) in [5, 5.41) is 6.65. The Morgan fingerprint density at radius 3 is 2.50 bits per heavy atom. The van der Waals surface area contributed by atoms with Crippen molar-refractivity contribution in [3.05, 3.63) is 94.5 Å². The number of alkyl halides is 3. The second-order valence-corrected chi connectivity index (χ2v) is 11.0. The van der Waals surface area contributed by atoms with Crippen molar-refractivity contribution in [2.24, 2.45) is 16.4 Å². The minimum Gasteiger partial charge on any atom is -0.367 e. The van der Waals surface area contributed by atoms with Gasteiger partial charge in [-0.3, -0.25) is 4.79 Å². The molecule has 3 aliphatic heterocycles. The van der Waals surface area contributed by atoms with Crippen molar-refractivity contribution in [3.8, 4) is 0 Å². The molecule has 3 aliphatic rings. The van der Waals surface area contributed by atoms with Crippen LogP contribution in [0.1, 0.15) is 36.5 Å². The third kappa shape index (κ3) is 4.08. The van der Waals surface area contributed by atoms with Crippen LogP contribution in [0.4, 0.5) is 24.5 Å². The molecule has 6 rings (SSSR count). The first-order chi connectivity index (χ1) is 18.2. The second kappa shape index (κ2) is 9.16. The number of nitrogens with zero attached hydrogens (tertiary/aromatic N) is 3. The number of carbonyl (C=O) groups is 1. The number of hydrogen-bond acceptors (Lipinski definition) is 3. The summed E-state index contributed by atoms with van der Waals surface area (Å²) in [6.07, 6.45) is -1.73. The van der Waals surface area contributed by atoms with Crippen molar-refractivity contribution < 1.29 is 18.0 Å². The molecular formula is C30H27ClF3N3O. The first-order valence-electron chi connectivity index (χ1n) is 12.8. The van der Waals surface area contributed by atoms with Crippen molar-refractivity contribution >= 4 is 34.6 Å². The van der Waals surface area contributed by atoms with Gasteiger partial charge in [0.25, 0.3) is 5.91 Å². The lowest BCUT2D eigenvalue weighted by Gasteiger charge is -2.52. The number of hydrazone groups is 1. The summed E-state index contributed by atoms with van der Waals surface area (Å²) in [6.45, 7) is 2.51. The number of rotatable bonds is 3. The zero-order valence-corrected chi connectivity index (χ0v) is 21.6. The summed E-state index contributed by atoms with van der Waals surface area (Å²) < 4.78 is 41.0. The number of anilines is 2. The van der Waals surface area contributed by atoms with Gasteiger partial charge >= 0.3 is 6.18 Å². The monoisotopic (exact) mass is 537 g/mol. The van der Waals surface area contributed by atoms with E-state index >= 15 is 0 Å². The topological polar surface area (TPSA) is 35.9 Å². The van der Waals surface area contributed by atoms with Gasteiger partial charge in [0.1, 0.15) is 5.41 Å². The fourth-order valence-electron chi connectivity index (χ4n) is 6.50. The van der Waals surface area contributed by atoms with E-state index in [1.54, 1.807) is 30.3 Å². The summed E-state index contributed by atoms with van der Waals surface area (Å²) in [6, 6.07) is 20.9. The van der Waals surface area contributed by atoms with E-state index in [2.05, 4.69) is 17.0 Å². The number of halogens is 4. The SMILES string of the molecule is CC1=NN(c2ccc(Cl)cc2)C(=O)[C@@]12Cc1cc(C(F)(F)F)ccc1N1CC[C@@H](Cc3ccccc3)C[C@@H]12. The van der Waals surface area contributed by atoms with Crippen LogP contribution < -0.4 is 9.91 Å². The van der Waals surface area contributed by atoms with Crippen LogP contribution in [0.3, 0.4) is 0 Å². The van der Waals surface area contributed by atoms with Gasteiger partial charge in [-0.25, -0.2) is 0 Å². The molecule has 0 bridgehead atoms. The summed E-state index contributed by atoms with van der Waals surface area (Å²) >= 11 is 6.07. The fourth-order valence-corrected chi connectivity index (χ4v) is 6.63. The number of hydrogen-bond donors (Lipinski definition) is 0. The molecule has 1 amide bonds. The Kier molecular flexibility index (Phi) is 6.02. The third-order valence-electron chi connectivity index (χ3n) is 8.37. The van der Waals surface area contributed by atoms with Gasteiger partial charge in [0.05, 0.1) is 17.0 Å². The van der Waals surface area contributed by atoms with Crippen LogP contribution in [-0.2, 0) is 23.8 Å². The summed E-state index contributed by atoms with van der Waals surface area (Å²) in [5.41, 5.74) is 2.06. The predicted molar refractivity (Wildman–Crippen MR) is 144 cm³/mol. The first-order valence-corrected chi connectivity index (χ1v) is 13.2. The highest BCUT2D eigenvalue weighted by molar-refractivity contribution is 6.30. The van der Waals surface area contributed by atoms with E-state index in [9.17, 15) is 18.0 Å². The highest BCUT2D eigenvalue weighted by atomic mass is 35.5. The number of carbonyl (C=O) groups excluding carboxylic acids is 1. The van der Waals surface area contributed by atoms with E-state index in [0.29, 0.717) is 34.4 Å². The van der Waals surface area contributed by atoms with Crippen LogP contribution in [0.5, 0.6) is 0 Å². The Morgan fingerprint density at radius 2 is 1.79 bits per heavy atom. The lowest BCUT2D eigenvalue weighted by Crippen LogP contribution is -2.62. The summed E-state index contributed by atoms with van der Waals surface area (Å²) in [7, 11) is 0. The van der Waals surface area contributed by atoms with Crippen molar-refractivity contribution in [2.75, 3.05) is 16.5 Å². The molecule has 38 heavy (non-hydrogen) atoms. The molecule has 196 valence electrons. The molecule has 1 fully saturated rings. The van der Waals surface area contributed by atoms with Crippen molar-refractivity contribution in [2.45, 2.75) is 44.8 Å². The molecule has 1 saturated heterocycles. The fraction of sp³-hybridized carbons (Fsp3) is 0.333. The summed E-state index contributed by atoms with van der Waals surface area (Å²) in [4.78, 5) is 16.5. The maximum atomic E-state index is 14.3. The Morgan fingerprint density at radius 1 is 1.05 bits per heavy atom. The van der Waals surface area contributed by atoms with Crippen LogP contribution in [0.25, 0.3) is 0 Å². The van der Waals surface area contributed by atoms with Gasteiger partial charge in [0, 0.05) is 23.3 Å². The molecule has 0 saturated carbocycles. The average molecular weight is 538 g/mol. The molecule has 8 heteroatoms. The van der Waals surface area contributed by atoms with Crippen LogP contribution >= 0.6 is 11.6 Å². The third-order valence-corrected chi connectivity index (χ3v) is 8.63. The predicted octanol–water partition coefficient (Wildman–Crippen LogP) is 7.15. The number of benzene rings is 3. The van der Waals surface area contributed by atoms with Crippen LogP contribution in [0.15, 0.2) is 77.9 Å². The smallest absolute Gasteiger partial charge is 0.367 e. The minimum atomic E-state index is -4.46. The zero-order chi connectivity index (χ0) is 26.7. The standard InChI is InChI=1S/C30H27ClF3N3O/c1-19-29(28(38)37(35-19)25-10-8-24(31)9-11-25)18-22-17-23(30(32,33)34)7-12-26(22)36-14-13-21(16-27(29)36)15-20-5-3-2-4-6-20/h2-12,17,21,27H,13-16,18H2,1H3/t21-,27+,29-/m0/s1. The highest BCUT2D eigenvalue weighted by Gasteiger charge is 2.60. The van der Waals surface area contributed by atoms with Gasteiger partial charge in [0.15, 0.2) is 0 Å². The summed E-state index contributed by atoms with van der Waals surface area (Å²) in [5.74, 6) is 0.146. The van der Waals surface area contributed by atoms with Crippen molar-refractivity contribution in [1.82, 2.24) is 0 Å². The Labute approximate surface area is 224 Å². The van der Waals surface area contributed by atoms with Crippen molar-refractivity contribution in [1.29, 1.82) is 0 Å². The Balaban J connectivity index is 1.43. The molecule has 3 heterocycles. The minimum absolute atomic E-state index is 0.184. The average Bonchev–Trinajstić information content (AvgIpc) is 3.14. The zero-order valence-electron chi connectivity index (χ0n) is 20.9. The van der Waals surface area contributed by atoms with E-state index in [1.807, 2.05) is 25.1 Å². The molecule has 0 radical (unpaired) electrons. The van der Waals surface area contributed by atoms with Gasteiger partial charge in [-0.1, -0.05) is 41.9 Å². The van der Waals surface area contributed by atoms with E-state index in [0.717, 1.165) is 31.0 Å². The number of amides is 1. The van der Waals surface area contributed by atoms with E-state index in [-0.39, 0.29) is 18.4 Å². The normalized spacial score (nSPS) is 24.9. The van der Waals surface area contributed by atoms with Gasteiger partial charge in [-0.05, 0) is 92.1 Å².